The lowest BCUT2D eigenvalue weighted by Crippen LogP contribution is -2.74. The second kappa shape index (κ2) is 7.01. The van der Waals surface area contributed by atoms with Crippen LogP contribution in [-0.4, -0.2) is 48.4 Å². The minimum absolute atomic E-state index is 0.0899. The first-order chi connectivity index (χ1) is 15.3. The highest BCUT2D eigenvalue weighted by Gasteiger charge is 2.61. The Kier molecular flexibility index (Phi) is 4.36. The lowest BCUT2D eigenvalue weighted by atomic mass is 9.68. The number of nitro groups is 1. The van der Waals surface area contributed by atoms with Crippen molar-refractivity contribution in [2.24, 2.45) is 5.41 Å². The molecule has 3 aliphatic heterocycles. The van der Waals surface area contributed by atoms with Crippen LogP contribution in [0.4, 0.5) is 26.2 Å². The second-order valence-corrected chi connectivity index (χ2v) is 8.09. The molecule has 2 N–H and O–H groups in total. The normalized spacial score (nSPS) is 21.5. The summed E-state index contributed by atoms with van der Waals surface area (Å²) in [6.45, 7) is 1.21. The second-order valence-electron chi connectivity index (χ2n) is 8.09. The van der Waals surface area contributed by atoms with E-state index in [1.54, 1.807) is 18.2 Å². The van der Waals surface area contributed by atoms with Crippen molar-refractivity contribution in [1.82, 2.24) is 10.6 Å². The molecule has 10 nitrogen and oxygen atoms in total. The maximum absolute atomic E-state index is 13.4. The number of urea groups is 1. The predicted molar refractivity (Wildman–Crippen MR) is 111 cm³/mol. The number of piperazine rings is 1. The summed E-state index contributed by atoms with van der Waals surface area (Å²) in [6, 6.07) is 8.78. The SMILES string of the molecule is O=C1NC(=O)C2(Cc3cc([N+](=O)[O-])ccc3N3CCN(c4ccc(F)cc4)CC32)C(=O)N1. The molecule has 1 unspecified atom stereocenters. The number of anilines is 2. The van der Waals surface area contributed by atoms with Crippen LogP contribution in [0.3, 0.4) is 0 Å². The van der Waals surface area contributed by atoms with Crippen molar-refractivity contribution in [2.45, 2.75) is 12.5 Å². The maximum atomic E-state index is 13.4. The van der Waals surface area contributed by atoms with Crippen LogP contribution in [0.15, 0.2) is 42.5 Å². The van der Waals surface area contributed by atoms with Crippen molar-refractivity contribution in [3.8, 4) is 0 Å². The van der Waals surface area contributed by atoms with Crippen molar-refractivity contribution < 1.29 is 23.7 Å². The number of barbiturate groups is 1. The Morgan fingerprint density at radius 2 is 1.72 bits per heavy atom. The fourth-order valence-electron chi connectivity index (χ4n) is 4.93. The summed E-state index contributed by atoms with van der Waals surface area (Å²) in [7, 11) is 0. The van der Waals surface area contributed by atoms with Crippen LogP contribution in [0.25, 0.3) is 0 Å². The van der Waals surface area contributed by atoms with Gasteiger partial charge in [-0.3, -0.25) is 30.3 Å². The molecular weight excluding hydrogens is 421 g/mol. The number of nitrogens with one attached hydrogen (secondary N) is 2. The van der Waals surface area contributed by atoms with Gasteiger partial charge in [0, 0.05) is 49.6 Å². The average Bonchev–Trinajstić information content (AvgIpc) is 2.77. The number of hydrogen-bond acceptors (Lipinski definition) is 7. The molecule has 164 valence electrons. The van der Waals surface area contributed by atoms with E-state index >= 15 is 0 Å². The number of carbonyl (C=O) groups excluding carboxylic acids is 3. The van der Waals surface area contributed by atoms with Crippen molar-refractivity contribution in [1.29, 1.82) is 0 Å². The molecule has 3 aliphatic rings. The third-order valence-corrected chi connectivity index (χ3v) is 6.46. The first-order valence-electron chi connectivity index (χ1n) is 10.0. The van der Waals surface area contributed by atoms with Gasteiger partial charge in [0.2, 0.25) is 11.8 Å². The average molecular weight is 439 g/mol. The molecule has 0 saturated carbocycles. The maximum Gasteiger partial charge on any atom is 0.328 e. The molecule has 0 aliphatic carbocycles. The molecule has 11 heteroatoms. The van der Waals surface area contributed by atoms with E-state index in [0.29, 0.717) is 24.3 Å². The Labute approximate surface area is 181 Å². The van der Waals surface area contributed by atoms with E-state index in [-0.39, 0.29) is 24.5 Å². The van der Waals surface area contributed by atoms with Crippen molar-refractivity contribution in [3.63, 3.8) is 0 Å². The van der Waals surface area contributed by atoms with E-state index in [2.05, 4.69) is 10.6 Å². The van der Waals surface area contributed by atoms with E-state index < -0.39 is 34.2 Å². The van der Waals surface area contributed by atoms with Crippen molar-refractivity contribution in [3.05, 3.63) is 64.0 Å². The molecule has 32 heavy (non-hydrogen) atoms. The Hall–Kier alpha value is -4.02. The van der Waals surface area contributed by atoms with E-state index in [0.717, 1.165) is 5.69 Å². The van der Waals surface area contributed by atoms with Crippen LogP contribution < -0.4 is 20.4 Å². The standard InChI is InChI=1S/C21H18FN5O5/c22-13-1-3-14(4-2-13)25-7-8-26-16-6-5-15(27(31)32)9-12(16)10-21(17(26)11-25)18(28)23-20(30)24-19(21)29/h1-6,9,17H,7-8,10-11H2,(H2,23,24,28,29,30). The van der Waals surface area contributed by atoms with Gasteiger partial charge in [-0.2, -0.15) is 0 Å². The zero-order valence-corrected chi connectivity index (χ0v) is 16.7. The van der Waals surface area contributed by atoms with E-state index in [4.69, 9.17) is 0 Å². The fraction of sp³-hybridized carbons (Fsp3) is 0.286. The van der Waals surface area contributed by atoms with Gasteiger partial charge >= 0.3 is 6.03 Å². The Morgan fingerprint density at radius 1 is 1.03 bits per heavy atom. The molecule has 0 aromatic heterocycles. The zero-order chi connectivity index (χ0) is 22.6. The molecule has 2 aromatic carbocycles. The van der Waals surface area contributed by atoms with Gasteiger partial charge in [0.1, 0.15) is 5.82 Å². The summed E-state index contributed by atoms with van der Waals surface area (Å²) in [5.41, 5.74) is 0.140. The van der Waals surface area contributed by atoms with Gasteiger partial charge in [0.05, 0.1) is 11.0 Å². The molecule has 0 radical (unpaired) electrons. The summed E-state index contributed by atoms with van der Waals surface area (Å²) >= 11 is 0. The highest BCUT2D eigenvalue weighted by Crippen LogP contribution is 2.45. The van der Waals surface area contributed by atoms with E-state index in [1.165, 1.54) is 24.3 Å². The van der Waals surface area contributed by atoms with Crippen molar-refractivity contribution >= 4 is 34.9 Å². The van der Waals surface area contributed by atoms with Crippen molar-refractivity contribution in [2.75, 3.05) is 29.4 Å². The van der Waals surface area contributed by atoms with E-state index in [1.807, 2.05) is 9.80 Å². The first-order valence-corrected chi connectivity index (χ1v) is 10.0. The number of amides is 4. The zero-order valence-electron chi connectivity index (χ0n) is 16.7. The lowest BCUT2D eigenvalue weighted by Gasteiger charge is -2.54. The first kappa shape index (κ1) is 19.9. The quantitative estimate of drug-likeness (QED) is 0.411. The monoisotopic (exact) mass is 439 g/mol. The summed E-state index contributed by atoms with van der Waals surface area (Å²) in [6.07, 6.45) is -0.0899. The highest BCUT2D eigenvalue weighted by molar-refractivity contribution is 6.20. The van der Waals surface area contributed by atoms with Gasteiger partial charge in [0.15, 0.2) is 5.41 Å². The largest absolute Gasteiger partial charge is 0.368 e. The lowest BCUT2D eigenvalue weighted by molar-refractivity contribution is -0.384. The molecule has 1 atom stereocenters. The number of nitro benzene ring substituents is 1. The third-order valence-electron chi connectivity index (χ3n) is 6.46. The number of fused-ring (bicyclic) bond motifs is 4. The molecule has 4 amide bonds. The van der Waals surface area contributed by atoms with Crippen LogP contribution in [-0.2, 0) is 16.0 Å². The summed E-state index contributed by atoms with van der Waals surface area (Å²) in [5, 5.41) is 15.7. The molecule has 5 rings (SSSR count). The Balaban J connectivity index is 1.61. The molecule has 1 spiro atoms. The van der Waals surface area contributed by atoms with Crippen LogP contribution >= 0.6 is 0 Å². The van der Waals surface area contributed by atoms with Crippen LogP contribution in [0.5, 0.6) is 0 Å². The predicted octanol–water partition coefficient (Wildman–Crippen LogP) is 1.34. The smallest absolute Gasteiger partial charge is 0.328 e. The Bertz CT molecular complexity index is 1150. The number of carbonyl (C=O) groups is 3. The Morgan fingerprint density at radius 3 is 2.38 bits per heavy atom. The molecule has 3 heterocycles. The minimum Gasteiger partial charge on any atom is -0.368 e. The van der Waals surface area contributed by atoms with Gasteiger partial charge in [-0.05, 0) is 35.9 Å². The minimum atomic E-state index is -1.66. The number of imide groups is 2. The highest BCUT2D eigenvalue weighted by atomic mass is 19.1. The van der Waals surface area contributed by atoms with Crippen LogP contribution in [0.1, 0.15) is 5.56 Å². The van der Waals surface area contributed by atoms with Gasteiger partial charge in [-0.15, -0.1) is 0 Å². The van der Waals surface area contributed by atoms with E-state index in [9.17, 15) is 28.9 Å². The third kappa shape index (κ3) is 2.88. The molecule has 2 saturated heterocycles. The number of rotatable bonds is 2. The van der Waals surface area contributed by atoms with Gasteiger partial charge in [-0.25, -0.2) is 9.18 Å². The molecule has 2 fully saturated rings. The summed E-state index contributed by atoms with van der Waals surface area (Å²) < 4.78 is 13.4. The topological polar surface area (TPSA) is 125 Å². The molecular formula is C21H18FN5O5. The fourth-order valence-corrected chi connectivity index (χ4v) is 4.93. The van der Waals surface area contributed by atoms with Crippen LogP contribution in [0, 0.1) is 21.3 Å². The molecule has 0 bridgehead atoms. The molecule has 2 aromatic rings. The number of non-ortho nitro benzene ring substituents is 1. The number of nitrogens with zero attached hydrogens (tertiary/aromatic N) is 3. The number of benzene rings is 2. The number of hydrogen-bond donors (Lipinski definition) is 2. The van der Waals surface area contributed by atoms with Gasteiger partial charge < -0.3 is 9.80 Å². The summed E-state index contributed by atoms with van der Waals surface area (Å²) in [4.78, 5) is 52.7. The van der Waals surface area contributed by atoms with Gasteiger partial charge in [-0.1, -0.05) is 0 Å². The number of halogens is 1. The van der Waals surface area contributed by atoms with Crippen LogP contribution in [0.2, 0.25) is 0 Å². The summed E-state index contributed by atoms with van der Waals surface area (Å²) in [5.74, 6) is -1.85. The van der Waals surface area contributed by atoms with Gasteiger partial charge in [0.25, 0.3) is 5.69 Å².